The molecule has 0 amide bonds. The third kappa shape index (κ3) is 1.63. The van der Waals surface area contributed by atoms with Crippen molar-refractivity contribution in [1.82, 2.24) is 13.9 Å². The van der Waals surface area contributed by atoms with Crippen molar-refractivity contribution in [2.75, 3.05) is 0 Å². The average Bonchev–Trinajstić information content (AvgIpc) is 3.26. The molecule has 1 aromatic carbocycles. The molecule has 1 aromatic heterocycles. The lowest BCUT2D eigenvalue weighted by Crippen LogP contribution is -2.67. The maximum absolute atomic E-state index is 14.1. The summed E-state index contributed by atoms with van der Waals surface area (Å²) >= 11 is 0. The highest BCUT2D eigenvalue weighted by atomic mass is 16.2. The summed E-state index contributed by atoms with van der Waals surface area (Å²) in [4.78, 5) is 28.2. The van der Waals surface area contributed by atoms with Crippen molar-refractivity contribution in [1.29, 1.82) is 0 Å². The normalized spacial score (nSPS) is 44.2. The highest BCUT2D eigenvalue weighted by Gasteiger charge is 2.70. The maximum atomic E-state index is 14.1. The number of allylic oxidation sites excluding steroid dienone is 4. The van der Waals surface area contributed by atoms with E-state index in [1.54, 1.807) is 4.57 Å². The van der Waals surface area contributed by atoms with E-state index in [1.165, 1.54) is 17.5 Å². The van der Waals surface area contributed by atoms with Gasteiger partial charge in [0, 0.05) is 11.5 Å². The molecule has 2 saturated carbocycles. The van der Waals surface area contributed by atoms with Gasteiger partial charge in [-0.05, 0) is 60.0 Å². The summed E-state index contributed by atoms with van der Waals surface area (Å²) in [5.74, 6) is 0.583. The summed E-state index contributed by atoms with van der Waals surface area (Å²) in [6, 6.07) is 8.50. The number of aryl methyl sites for hydroxylation is 1. The van der Waals surface area contributed by atoms with Crippen LogP contribution in [-0.2, 0) is 11.8 Å². The van der Waals surface area contributed by atoms with E-state index in [-0.39, 0.29) is 51.2 Å². The van der Waals surface area contributed by atoms with Crippen molar-refractivity contribution < 1.29 is 0 Å². The first-order chi connectivity index (χ1) is 15.8. The number of nitrogens with zero attached hydrogens (tertiary/aromatic N) is 3. The average molecular weight is 442 g/mol. The van der Waals surface area contributed by atoms with Crippen molar-refractivity contribution in [3.05, 3.63) is 80.7 Å². The van der Waals surface area contributed by atoms with Crippen LogP contribution in [0.1, 0.15) is 75.7 Å². The maximum Gasteiger partial charge on any atom is 0.348 e. The molecule has 2 aromatic rings. The fourth-order valence-electron chi connectivity index (χ4n) is 9.53. The van der Waals surface area contributed by atoms with E-state index >= 15 is 0 Å². The Morgan fingerprint density at radius 1 is 0.909 bits per heavy atom. The Morgan fingerprint density at radius 2 is 1.64 bits per heavy atom. The minimum atomic E-state index is -0.221. The van der Waals surface area contributed by atoms with Crippen LogP contribution in [0.3, 0.4) is 0 Å². The molecule has 9 rings (SSSR count). The summed E-state index contributed by atoms with van der Waals surface area (Å²) in [5, 5.41) is 0. The highest BCUT2D eigenvalue weighted by Crippen LogP contribution is 2.72. The molecule has 2 fully saturated rings. The van der Waals surface area contributed by atoms with Gasteiger partial charge < -0.3 is 0 Å². The van der Waals surface area contributed by atoms with Gasteiger partial charge in [-0.1, -0.05) is 69.3 Å². The van der Waals surface area contributed by atoms with Gasteiger partial charge in [-0.3, -0.25) is 0 Å². The fourth-order valence-corrected chi connectivity index (χ4v) is 9.53. The predicted octanol–water partition coefficient (Wildman–Crippen LogP) is 4.30. The zero-order valence-corrected chi connectivity index (χ0v) is 19.6. The van der Waals surface area contributed by atoms with Gasteiger partial charge in [-0.15, -0.1) is 0 Å². The Kier molecular flexibility index (Phi) is 2.99. The second-order valence-corrected chi connectivity index (χ2v) is 12.4. The molecular formula is C28H31N3O2. The molecular weight excluding hydrogens is 410 g/mol. The van der Waals surface area contributed by atoms with E-state index in [0.717, 1.165) is 25.7 Å². The first-order valence-corrected chi connectivity index (χ1v) is 12.7. The highest BCUT2D eigenvalue weighted by molar-refractivity contribution is 5.57. The van der Waals surface area contributed by atoms with Crippen LogP contribution in [0.15, 0.2) is 58.2 Å². The SMILES string of the molecule is CC1(C)[C@@H]2CC[C@]1(C)[C@H](n1c(=O)n3n(c1=O)[C@@H]1C=C[C@@H]3[C@@]34C=C[C@@]13CCc1ccccc14)C2. The molecule has 170 valence electrons. The minimum absolute atomic E-state index is 0.00817. The summed E-state index contributed by atoms with van der Waals surface area (Å²) in [7, 11) is 0. The summed E-state index contributed by atoms with van der Waals surface area (Å²) in [6.45, 7) is 7.02. The molecule has 4 bridgehead atoms. The van der Waals surface area contributed by atoms with E-state index < -0.39 is 0 Å². The number of rotatable bonds is 1. The third-order valence-corrected chi connectivity index (χ3v) is 11.8. The second-order valence-electron chi connectivity index (χ2n) is 12.4. The number of hydrogen-bond donors (Lipinski definition) is 0. The second kappa shape index (κ2) is 5.24. The summed E-state index contributed by atoms with van der Waals surface area (Å²) in [6.07, 6.45) is 14.4. The molecule has 2 aliphatic heterocycles. The molecule has 5 nitrogen and oxygen atoms in total. The van der Waals surface area contributed by atoms with Crippen LogP contribution in [0, 0.1) is 22.2 Å². The summed E-state index contributed by atoms with van der Waals surface area (Å²) < 4.78 is 5.38. The molecule has 0 saturated heterocycles. The van der Waals surface area contributed by atoms with Gasteiger partial charge in [-0.25, -0.2) is 23.5 Å². The van der Waals surface area contributed by atoms with E-state index in [1.807, 2.05) is 9.36 Å². The fraction of sp³-hybridized carbons (Fsp3) is 0.571. The van der Waals surface area contributed by atoms with Gasteiger partial charge in [-0.2, -0.15) is 0 Å². The standard InChI is InChI=1S/C28H31N3O2/c1-25(2)18-11-12-26(25,3)22(16-18)29-23(32)30-20-8-9-21(31(30)24(29)33)28-15-14-27(20,28)13-10-17-6-4-5-7-19(17)28/h4-9,14-15,18,20-22H,10-13,16H2,1-3H3/t18-,20-,21-,22-,26-,27+,28+/m1/s1. The Morgan fingerprint density at radius 3 is 2.30 bits per heavy atom. The van der Waals surface area contributed by atoms with Crippen LogP contribution < -0.4 is 11.4 Å². The van der Waals surface area contributed by atoms with Crippen LogP contribution in [0.4, 0.5) is 0 Å². The van der Waals surface area contributed by atoms with E-state index in [4.69, 9.17) is 0 Å². The molecule has 0 spiro atoms. The van der Waals surface area contributed by atoms with Gasteiger partial charge in [0.1, 0.15) is 0 Å². The number of hydrogen-bond acceptors (Lipinski definition) is 2. The van der Waals surface area contributed by atoms with Gasteiger partial charge >= 0.3 is 11.4 Å². The number of benzene rings is 1. The van der Waals surface area contributed by atoms with Crippen molar-refractivity contribution in [2.24, 2.45) is 22.2 Å². The smallest absolute Gasteiger partial charge is 0.246 e. The number of fused-ring (bicyclic) bond motifs is 3. The van der Waals surface area contributed by atoms with Crippen molar-refractivity contribution in [3.8, 4) is 0 Å². The molecule has 3 heterocycles. The topological polar surface area (TPSA) is 48.9 Å². The first kappa shape index (κ1) is 18.8. The Labute approximate surface area is 193 Å². The minimum Gasteiger partial charge on any atom is -0.246 e. The van der Waals surface area contributed by atoms with Crippen LogP contribution in [0.5, 0.6) is 0 Å². The molecule has 7 atom stereocenters. The Hall–Kier alpha value is -2.56. The Balaban J connectivity index is 1.38. The van der Waals surface area contributed by atoms with E-state index in [2.05, 4.69) is 69.3 Å². The Bertz CT molecular complexity index is 1440. The first-order valence-electron chi connectivity index (χ1n) is 12.7. The van der Waals surface area contributed by atoms with Crippen LogP contribution >= 0.6 is 0 Å². The molecule has 0 unspecified atom stereocenters. The van der Waals surface area contributed by atoms with E-state index in [0.29, 0.717) is 5.92 Å². The zero-order valence-electron chi connectivity index (χ0n) is 19.6. The lowest BCUT2D eigenvalue weighted by molar-refractivity contribution is -0.00716. The molecule has 7 aliphatic rings. The molecule has 5 heteroatoms. The molecule has 0 N–H and O–H groups in total. The van der Waals surface area contributed by atoms with Gasteiger partial charge in [0.15, 0.2) is 0 Å². The molecule has 5 aliphatic carbocycles. The monoisotopic (exact) mass is 441 g/mol. The van der Waals surface area contributed by atoms with Crippen LogP contribution in [-0.4, -0.2) is 13.9 Å². The third-order valence-electron chi connectivity index (χ3n) is 11.8. The van der Waals surface area contributed by atoms with Crippen LogP contribution in [0.2, 0.25) is 0 Å². The van der Waals surface area contributed by atoms with Crippen molar-refractivity contribution in [2.45, 2.75) is 76.4 Å². The number of aromatic nitrogens is 3. The van der Waals surface area contributed by atoms with Crippen molar-refractivity contribution in [3.63, 3.8) is 0 Å². The van der Waals surface area contributed by atoms with Gasteiger partial charge in [0.2, 0.25) is 0 Å². The zero-order chi connectivity index (χ0) is 22.5. The van der Waals surface area contributed by atoms with Crippen molar-refractivity contribution >= 4 is 0 Å². The lowest BCUT2D eigenvalue weighted by atomic mass is 9.40. The molecule has 33 heavy (non-hydrogen) atoms. The van der Waals surface area contributed by atoms with Crippen LogP contribution in [0.25, 0.3) is 0 Å². The summed E-state index contributed by atoms with van der Waals surface area (Å²) in [5.41, 5.74) is 2.36. The largest absolute Gasteiger partial charge is 0.348 e. The quantitative estimate of drug-likeness (QED) is 0.620. The predicted molar refractivity (Wildman–Crippen MR) is 126 cm³/mol. The van der Waals surface area contributed by atoms with Gasteiger partial charge in [0.25, 0.3) is 0 Å². The lowest BCUT2D eigenvalue weighted by Gasteiger charge is -2.67. The van der Waals surface area contributed by atoms with Gasteiger partial charge in [0.05, 0.1) is 17.5 Å². The molecule has 0 radical (unpaired) electrons. The van der Waals surface area contributed by atoms with E-state index in [9.17, 15) is 9.59 Å².